The van der Waals surface area contributed by atoms with Gasteiger partial charge >= 0.3 is 0 Å². The highest BCUT2D eigenvalue weighted by atomic mass is 32.2. The number of hydrogen-bond acceptors (Lipinski definition) is 6. The molecule has 0 unspecified atom stereocenters. The molecule has 1 aromatic carbocycles. The van der Waals surface area contributed by atoms with Crippen molar-refractivity contribution in [3.8, 4) is 0 Å². The van der Waals surface area contributed by atoms with Gasteiger partial charge in [-0.2, -0.15) is 4.31 Å². The lowest BCUT2D eigenvalue weighted by Gasteiger charge is -2.34. The van der Waals surface area contributed by atoms with E-state index < -0.39 is 10.0 Å². The Hall–Kier alpha value is -2.52. The molecule has 1 fully saturated rings. The van der Waals surface area contributed by atoms with Crippen LogP contribution in [0.15, 0.2) is 33.7 Å². The van der Waals surface area contributed by atoms with Gasteiger partial charge in [-0.05, 0) is 26.0 Å². The van der Waals surface area contributed by atoms with Crippen LogP contribution in [0.25, 0.3) is 0 Å². The van der Waals surface area contributed by atoms with Crippen molar-refractivity contribution in [3.63, 3.8) is 0 Å². The van der Waals surface area contributed by atoms with Crippen LogP contribution in [0.2, 0.25) is 0 Å². The number of amides is 1. The number of rotatable bonds is 5. The van der Waals surface area contributed by atoms with Crippen molar-refractivity contribution < 1.29 is 22.5 Å². The highest BCUT2D eigenvalue weighted by Crippen LogP contribution is 2.25. The number of ketones is 1. The van der Waals surface area contributed by atoms with Gasteiger partial charge in [-0.1, -0.05) is 31.1 Å². The van der Waals surface area contributed by atoms with E-state index in [1.807, 2.05) is 13.8 Å². The van der Waals surface area contributed by atoms with Gasteiger partial charge in [0.2, 0.25) is 10.0 Å². The molecule has 2 heterocycles. The third kappa shape index (κ3) is 4.11. The number of piperazine rings is 1. The molecule has 0 spiro atoms. The number of sulfonamides is 1. The quantitative estimate of drug-likeness (QED) is 0.690. The zero-order chi connectivity index (χ0) is 21.3. The average molecular weight is 420 g/mol. The number of carbonyl (C=O) groups is 2. The van der Waals surface area contributed by atoms with Crippen molar-refractivity contribution in [1.82, 2.24) is 14.4 Å². The van der Waals surface area contributed by atoms with Gasteiger partial charge in [0.05, 0.1) is 10.6 Å². The summed E-state index contributed by atoms with van der Waals surface area (Å²) in [5.74, 6) is 0.268. The summed E-state index contributed by atoms with van der Waals surface area (Å²) in [5.41, 5.74) is 1.47. The van der Waals surface area contributed by atoms with Gasteiger partial charge in [0, 0.05) is 37.7 Å². The van der Waals surface area contributed by atoms with Crippen LogP contribution in [0.5, 0.6) is 0 Å². The SMILES string of the molecule is CC(=O)c1ccc(S(=O)(=O)N2CCN(C(=O)c3c(C)noc3C(C)C)CC2)cc1. The molecule has 9 heteroatoms. The van der Waals surface area contributed by atoms with E-state index in [1.54, 1.807) is 11.8 Å². The Morgan fingerprint density at radius 2 is 1.66 bits per heavy atom. The van der Waals surface area contributed by atoms with E-state index >= 15 is 0 Å². The van der Waals surface area contributed by atoms with E-state index in [9.17, 15) is 18.0 Å². The zero-order valence-corrected chi connectivity index (χ0v) is 17.8. The fourth-order valence-electron chi connectivity index (χ4n) is 3.34. The maximum Gasteiger partial charge on any atom is 0.259 e. The fraction of sp³-hybridized carbons (Fsp3) is 0.450. The fourth-order valence-corrected chi connectivity index (χ4v) is 4.76. The molecule has 0 bridgehead atoms. The van der Waals surface area contributed by atoms with Crippen LogP contribution in [-0.2, 0) is 10.0 Å². The second kappa shape index (κ2) is 8.08. The standard InChI is InChI=1S/C20H25N3O5S/c1-13(2)19-18(14(3)21-28-19)20(25)22-9-11-23(12-10-22)29(26,27)17-7-5-16(6-8-17)15(4)24/h5-8,13H,9-12H2,1-4H3. The van der Waals surface area contributed by atoms with E-state index in [2.05, 4.69) is 5.16 Å². The summed E-state index contributed by atoms with van der Waals surface area (Å²) in [6, 6.07) is 5.91. The minimum atomic E-state index is -3.68. The summed E-state index contributed by atoms with van der Waals surface area (Å²) in [6.07, 6.45) is 0. The Balaban J connectivity index is 1.72. The summed E-state index contributed by atoms with van der Waals surface area (Å²) >= 11 is 0. The monoisotopic (exact) mass is 419 g/mol. The van der Waals surface area contributed by atoms with E-state index in [0.29, 0.717) is 22.6 Å². The molecule has 1 aliphatic rings. The highest BCUT2D eigenvalue weighted by Gasteiger charge is 2.33. The van der Waals surface area contributed by atoms with Crippen molar-refractivity contribution in [2.75, 3.05) is 26.2 Å². The van der Waals surface area contributed by atoms with Gasteiger partial charge in [-0.15, -0.1) is 0 Å². The van der Waals surface area contributed by atoms with Crippen molar-refractivity contribution in [2.24, 2.45) is 0 Å². The van der Waals surface area contributed by atoms with Crippen LogP contribution in [0.4, 0.5) is 0 Å². The molecule has 1 aromatic heterocycles. The Morgan fingerprint density at radius 1 is 1.07 bits per heavy atom. The molecule has 0 radical (unpaired) electrons. The maximum absolute atomic E-state index is 13.0. The van der Waals surface area contributed by atoms with E-state index in [0.717, 1.165) is 0 Å². The molecule has 3 rings (SSSR count). The molecule has 29 heavy (non-hydrogen) atoms. The van der Waals surface area contributed by atoms with E-state index in [-0.39, 0.29) is 48.7 Å². The van der Waals surface area contributed by atoms with Gasteiger partial charge in [0.25, 0.3) is 5.91 Å². The zero-order valence-electron chi connectivity index (χ0n) is 17.0. The molecular formula is C20H25N3O5S. The summed E-state index contributed by atoms with van der Waals surface area (Å²) in [5, 5.41) is 3.91. The summed E-state index contributed by atoms with van der Waals surface area (Å²) in [6.45, 7) is 7.98. The number of nitrogens with zero attached hydrogens (tertiary/aromatic N) is 3. The Kier molecular flexibility index (Phi) is 5.90. The summed E-state index contributed by atoms with van der Waals surface area (Å²) < 4.78 is 32.4. The third-order valence-corrected chi connectivity index (χ3v) is 6.96. The average Bonchev–Trinajstić information content (AvgIpc) is 3.09. The Morgan fingerprint density at radius 3 is 2.17 bits per heavy atom. The first-order valence-corrected chi connectivity index (χ1v) is 10.9. The summed E-state index contributed by atoms with van der Waals surface area (Å²) in [4.78, 5) is 26.1. The molecule has 0 atom stereocenters. The van der Waals surface area contributed by atoms with Crippen LogP contribution >= 0.6 is 0 Å². The molecule has 8 nitrogen and oxygen atoms in total. The van der Waals surface area contributed by atoms with Crippen LogP contribution in [-0.4, -0.2) is 60.6 Å². The Labute approximate surface area is 170 Å². The van der Waals surface area contributed by atoms with Crippen LogP contribution in [0.1, 0.15) is 58.9 Å². The molecule has 1 amide bonds. The first-order valence-electron chi connectivity index (χ1n) is 9.49. The lowest BCUT2D eigenvalue weighted by molar-refractivity contribution is 0.0694. The van der Waals surface area contributed by atoms with Gasteiger partial charge in [-0.25, -0.2) is 8.42 Å². The number of carbonyl (C=O) groups excluding carboxylic acids is 2. The van der Waals surface area contributed by atoms with Crippen molar-refractivity contribution in [1.29, 1.82) is 0 Å². The number of aryl methyl sites for hydroxylation is 1. The predicted molar refractivity (Wildman–Crippen MR) is 106 cm³/mol. The van der Waals surface area contributed by atoms with E-state index in [1.165, 1.54) is 35.5 Å². The van der Waals surface area contributed by atoms with E-state index in [4.69, 9.17) is 4.52 Å². The largest absolute Gasteiger partial charge is 0.360 e. The lowest BCUT2D eigenvalue weighted by Crippen LogP contribution is -2.50. The maximum atomic E-state index is 13.0. The molecule has 1 saturated heterocycles. The topological polar surface area (TPSA) is 101 Å². The molecule has 0 aliphatic carbocycles. The minimum Gasteiger partial charge on any atom is -0.360 e. The summed E-state index contributed by atoms with van der Waals surface area (Å²) in [7, 11) is -3.68. The second-order valence-corrected chi connectivity index (χ2v) is 9.38. The molecule has 0 N–H and O–H groups in total. The molecular weight excluding hydrogens is 394 g/mol. The van der Waals surface area contributed by atoms with Crippen molar-refractivity contribution >= 4 is 21.7 Å². The van der Waals surface area contributed by atoms with Gasteiger partial charge in [0.15, 0.2) is 11.5 Å². The van der Waals surface area contributed by atoms with Crippen LogP contribution < -0.4 is 0 Å². The van der Waals surface area contributed by atoms with Crippen molar-refractivity contribution in [2.45, 2.75) is 38.5 Å². The number of benzene rings is 1. The number of aromatic nitrogens is 1. The molecule has 1 aliphatic heterocycles. The lowest BCUT2D eigenvalue weighted by atomic mass is 10.0. The second-order valence-electron chi connectivity index (χ2n) is 7.44. The molecule has 2 aromatic rings. The highest BCUT2D eigenvalue weighted by molar-refractivity contribution is 7.89. The first-order chi connectivity index (χ1) is 13.6. The van der Waals surface area contributed by atoms with Gasteiger partial charge in [-0.3, -0.25) is 9.59 Å². The number of hydrogen-bond donors (Lipinski definition) is 0. The van der Waals surface area contributed by atoms with Crippen molar-refractivity contribution in [3.05, 3.63) is 46.8 Å². The Bertz CT molecular complexity index is 1020. The third-order valence-electron chi connectivity index (χ3n) is 5.05. The minimum absolute atomic E-state index is 0.0230. The first kappa shape index (κ1) is 21.2. The number of Topliss-reactive ketones (excluding diaryl/α,β-unsaturated/α-hetero) is 1. The van der Waals surface area contributed by atoms with Crippen LogP contribution in [0.3, 0.4) is 0 Å². The molecule has 156 valence electrons. The normalized spacial score (nSPS) is 15.7. The van der Waals surface area contributed by atoms with Gasteiger partial charge < -0.3 is 9.42 Å². The smallest absolute Gasteiger partial charge is 0.259 e. The molecule has 0 saturated carbocycles. The predicted octanol–water partition coefficient (Wildman–Crippen LogP) is 2.46. The van der Waals surface area contributed by atoms with Crippen LogP contribution in [0, 0.1) is 6.92 Å². The van der Waals surface area contributed by atoms with Gasteiger partial charge in [0.1, 0.15) is 5.56 Å².